The van der Waals surface area contributed by atoms with Crippen LogP contribution in [-0.4, -0.2) is 88.0 Å². The number of benzene rings is 3. The number of anilines is 1. The Labute approximate surface area is 325 Å². The predicted octanol–water partition coefficient (Wildman–Crippen LogP) is 8.67. The van der Waals surface area contributed by atoms with Crippen LogP contribution in [0.15, 0.2) is 88.4 Å². The molecule has 0 fully saturated rings. The molecule has 0 spiro atoms. The first kappa shape index (κ1) is 37.4. The van der Waals surface area contributed by atoms with E-state index in [2.05, 4.69) is 46.1 Å². The molecule has 7 rings (SSSR count). The van der Waals surface area contributed by atoms with Crippen molar-refractivity contribution in [2.45, 2.75) is 44.2 Å². The maximum absolute atomic E-state index is 13.7. The highest BCUT2D eigenvalue weighted by molar-refractivity contribution is 7.11. The van der Waals surface area contributed by atoms with Gasteiger partial charge in [0.2, 0.25) is 0 Å². The van der Waals surface area contributed by atoms with Crippen LogP contribution in [0.1, 0.15) is 63.3 Å². The number of unbranched alkanes of at least 4 members (excludes halogenated alkanes) is 2. The number of nitrogens with one attached hydrogen (secondary N) is 1. The first-order valence-corrected chi connectivity index (χ1v) is 19.3. The minimum atomic E-state index is -0.166. The van der Waals surface area contributed by atoms with Crippen molar-refractivity contribution in [2.24, 2.45) is 9.98 Å². The van der Waals surface area contributed by atoms with Gasteiger partial charge in [0.25, 0.3) is 5.91 Å². The lowest BCUT2D eigenvalue weighted by atomic mass is 10.0. The molecule has 2 atom stereocenters. The van der Waals surface area contributed by atoms with Crippen molar-refractivity contribution in [2.75, 3.05) is 46.8 Å². The van der Waals surface area contributed by atoms with E-state index in [1.165, 1.54) is 10.5 Å². The Kier molecular flexibility index (Phi) is 11.6. The minimum Gasteiger partial charge on any atom is -0.493 e. The maximum Gasteiger partial charge on any atom is 0.260 e. The van der Waals surface area contributed by atoms with Crippen LogP contribution in [-0.2, 0) is 0 Å². The Morgan fingerprint density at radius 3 is 2.35 bits per heavy atom. The molecule has 0 saturated carbocycles. The number of thiophene rings is 1. The summed E-state index contributed by atoms with van der Waals surface area (Å²) in [6, 6.07) is 19.2. The summed E-state index contributed by atoms with van der Waals surface area (Å²) in [6.45, 7) is 0.905. The largest absolute Gasteiger partial charge is 0.493 e. The lowest BCUT2D eigenvalue weighted by Gasteiger charge is -2.19. The van der Waals surface area contributed by atoms with Gasteiger partial charge in [-0.1, -0.05) is 18.2 Å². The summed E-state index contributed by atoms with van der Waals surface area (Å²) in [6.07, 6.45) is 12.5. The van der Waals surface area contributed by atoms with Crippen LogP contribution in [0.3, 0.4) is 0 Å². The van der Waals surface area contributed by atoms with Crippen LogP contribution in [0, 0.1) is 0 Å². The minimum absolute atomic E-state index is 0.0860. The summed E-state index contributed by atoms with van der Waals surface area (Å²) in [7, 11) is 7.05. The van der Waals surface area contributed by atoms with Crippen molar-refractivity contribution in [3.05, 3.63) is 100 Å². The van der Waals surface area contributed by atoms with Gasteiger partial charge in [0.05, 0.1) is 56.5 Å². The third-order valence-corrected chi connectivity index (χ3v) is 11.0. The molecule has 4 heterocycles. The van der Waals surface area contributed by atoms with Gasteiger partial charge in [-0.2, -0.15) is 0 Å². The SMILES string of the molecule is CNc1ccc(C2=CN3C(=O)c4cc(OC)c(OCCCCCOc5cc(/N=C\C6CC(c7cccs7)=CN6C)c(C=O)cc5OC)cc4N=CC3C2)cc1. The van der Waals surface area contributed by atoms with Gasteiger partial charge in [-0.25, -0.2) is 0 Å². The molecule has 11 nitrogen and oxygen atoms in total. The fourth-order valence-electron chi connectivity index (χ4n) is 6.92. The number of methoxy groups -OCH3 is 2. The first-order chi connectivity index (χ1) is 26.9. The Morgan fingerprint density at radius 1 is 0.909 bits per heavy atom. The molecule has 4 aromatic rings. The predicted molar refractivity (Wildman–Crippen MR) is 220 cm³/mol. The highest BCUT2D eigenvalue weighted by Crippen LogP contribution is 2.40. The molecule has 0 saturated heterocycles. The zero-order valence-electron chi connectivity index (χ0n) is 31.5. The van der Waals surface area contributed by atoms with E-state index in [0.717, 1.165) is 48.8 Å². The highest BCUT2D eigenvalue weighted by Gasteiger charge is 2.33. The smallest absolute Gasteiger partial charge is 0.260 e. The molecular formula is C43H45N5O6S. The number of carbonyl (C=O) groups excluding carboxylic acids is 2. The average Bonchev–Trinajstić information content (AvgIpc) is 3.98. The number of aliphatic imine (C=N–C) groups is 2. The van der Waals surface area contributed by atoms with E-state index >= 15 is 0 Å². The van der Waals surface area contributed by atoms with Crippen molar-refractivity contribution in [3.63, 3.8) is 0 Å². The molecule has 0 aliphatic carbocycles. The van der Waals surface area contributed by atoms with E-state index in [9.17, 15) is 9.59 Å². The van der Waals surface area contributed by atoms with Gasteiger partial charge in [0.15, 0.2) is 29.3 Å². The second kappa shape index (κ2) is 17.1. The number of rotatable bonds is 16. The van der Waals surface area contributed by atoms with Crippen LogP contribution in [0.5, 0.6) is 23.0 Å². The van der Waals surface area contributed by atoms with Crippen molar-refractivity contribution < 1.29 is 28.5 Å². The van der Waals surface area contributed by atoms with E-state index in [1.807, 2.05) is 44.9 Å². The molecule has 284 valence electrons. The number of amides is 1. The monoisotopic (exact) mass is 759 g/mol. The lowest BCUT2D eigenvalue weighted by Crippen LogP contribution is -2.32. The van der Waals surface area contributed by atoms with Crippen molar-refractivity contribution in [1.82, 2.24) is 9.80 Å². The Balaban J connectivity index is 0.917. The van der Waals surface area contributed by atoms with Gasteiger partial charge in [0.1, 0.15) is 0 Å². The van der Waals surface area contributed by atoms with Crippen LogP contribution in [0.25, 0.3) is 11.1 Å². The normalized spacial score (nSPS) is 17.4. The van der Waals surface area contributed by atoms with Crippen LogP contribution < -0.4 is 24.3 Å². The molecule has 1 aromatic heterocycles. The standard InChI is InChI=1S/C43H45N5O6S/c1-44-32-12-10-28(11-13-32)29-17-34-24-46-37-22-41(39(52-4)20-35(37)43(50)48(34)26-29)54-15-7-5-6-14-53-40-21-36(31(27-49)19-38(40)51-3)45-23-33-18-30(25-47(33)2)42-9-8-16-55-42/h8-13,16,19-27,33-34,44H,5-7,14-15,17-18H2,1-4H3/b45-23-. The average molecular weight is 760 g/mol. The van der Waals surface area contributed by atoms with Gasteiger partial charge in [0, 0.05) is 80.0 Å². The van der Waals surface area contributed by atoms with E-state index in [0.29, 0.717) is 65.1 Å². The fourth-order valence-corrected chi connectivity index (χ4v) is 7.67. The zero-order valence-corrected chi connectivity index (χ0v) is 32.3. The van der Waals surface area contributed by atoms with Crippen molar-refractivity contribution in [3.8, 4) is 23.0 Å². The number of fused-ring (bicyclic) bond motifs is 2. The second-order valence-electron chi connectivity index (χ2n) is 13.5. The Hall–Kier alpha value is -5.88. The first-order valence-electron chi connectivity index (χ1n) is 18.4. The van der Waals surface area contributed by atoms with Crippen LogP contribution in [0.4, 0.5) is 17.1 Å². The van der Waals surface area contributed by atoms with Crippen LogP contribution in [0.2, 0.25) is 0 Å². The molecule has 0 radical (unpaired) electrons. The molecule has 0 bridgehead atoms. The van der Waals surface area contributed by atoms with Gasteiger partial charge in [-0.3, -0.25) is 19.6 Å². The number of hydrogen-bond acceptors (Lipinski definition) is 11. The van der Waals surface area contributed by atoms with Gasteiger partial charge in [-0.05, 0) is 71.7 Å². The van der Waals surface area contributed by atoms with Crippen molar-refractivity contribution in [1.29, 1.82) is 0 Å². The third-order valence-electron chi connectivity index (χ3n) is 10.0. The van der Waals surface area contributed by atoms with Gasteiger partial charge in [-0.15, -0.1) is 11.3 Å². The Bertz CT molecular complexity index is 2140. The van der Waals surface area contributed by atoms with E-state index in [-0.39, 0.29) is 18.0 Å². The molecule has 55 heavy (non-hydrogen) atoms. The summed E-state index contributed by atoms with van der Waals surface area (Å²) in [5.74, 6) is 1.92. The zero-order chi connectivity index (χ0) is 38.3. The lowest BCUT2D eigenvalue weighted by molar-refractivity contribution is 0.0817. The van der Waals surface area contributed by atoms with E-state index in [1.54, 1.807) is 54.7 Å². The number of carbonyl (C=O) groups is 2. The highest BCUT2D eigenvalue weighted by atomic mass is 32.1. The topological polar surface area (TPSA) is 114 Å². The fraction of sp³-hybridized carbons (Fsp3) is 0.302. The molecular weight excluding hydrogens is 715 g/mol. The van der Waals surface area contributed by atoms with Gasteiger partial charge >= 0.3 is 0 Å². The molecule has 12 heteroatoms. The third kappa shape index (κ3) is 8.29. The molecule has 2 unspecified atom stereocenters. The summed E-state index contributed by atoms with van der Waals surface area (Å²) < 4.78 is 23.5. The summed E-state index contributed by atoms with van der Waals surface area (Å²) in [4.78, 5) is 40.3. The van der Waals surface area contributed by atoms with Crippen LogP contribution >= 0.6 is 11.3 Å². The van der Waals surface area contributed by atoms with E-state index in [4.69, 9.17) is 28.9 Å². The number of hydrogen-bond donors (Lipinski definition) is 1. The van der Waals surface area contributed by atoms with Gasteiger partial charge < -0.3 is 34.1 Å². The molecule has 3 aromatic carbocycles. The number of aldehydes is 1. The quantitative estimate of drug-likeness (QED) is 0.0686. The molecule has 1 amide bonds. The maximum atomic E-state index is 13.7. The van der Waals surface area contributed by atoms with E-state index < -0.39 is 0 Å². The Morgan fingerprint density at radius 2 is 1.65 bits per heavy atom. The molecule has 3 aliphatic heterocycles. The molecule has 3 aliphatic rings. The summed E-state index contributed by atoms with van der Waals surface area (Å²) in [5.41, 5.74) is 6.49. The summed E-state index contributed by atoms with van der Waals surface area (Å²) in [5, 5.41) is 5.22. The number of ether oxygens (including phenoxy) is 4. The van der Waals surface area contributed by atoms with Crippen molar-refractivity contribution >= 4 is 64.2 Å². The second-order valence-corrected chi connectivity index (χ2v) is 14.5. The molecule has 1 N–H and O–H groups in total. The summed E-state index contributed by atoms with van der Waals surface area (Å²) >= 11 is 1.73. The number of nitrogens with zero attached hydrogens (tertiary/aromatic N) is 4.